The maximum atomic E-state index is 12.1. The molecule has 4 aromatic rings. The summed E-state index contributed by atoms with van der Waals surface area (Å²) in [6.45, 7) is 0.420. The van der Waals surface area contributed by atoms with Gasteiger partial charge in [0.1, 0.15) is 18.2 Å². The van der Waals surface area contributed by atoms with E-state index < -0.39 is 0 Å². The van der Waals surface area contributed by atoms with Gasteiger partial charge in [-0.1, -0.05) is 58.0 Å². The number of pyridine rings is 1. The molecule has 0 unspecified atom stereocenters. The zero-order valence-corrected chi connectivity index (χ0v) is 20.7. The summed E-state index contributed by atoms with van der Waals surface area (Å²) in [6, 6.07) is 20.7. The van der Waals surface area contributed by atoms with Crippen LogP contribution in [0, 0.1) is 0 Å². The van der Waals surface area contributed by atoms with E-state index in [1.165, 1.54) is 4.68 Å². The van der Waals surface area contributed by atoms with Gasteiger partial charge in [0, 0.05) is 16.2 Å². The van der Waals surface area contributed by atoms with Crippen LogP contribution < -0.4 is 21.3 Å². The highest BCUT2D eigenvalue weighted by atomic mass is 79.9. The number of benzene rings is 2. The van der Waals surface area contributed by atoms with Crippen LogP contribution in [0.4, 0.5) is 11.8 Å². The molecule has 0 saturated carbocycles. The van der Waals surface area contributed by atoms with Crippen LogP contribution in [0.5, 0.6) is 5.75 Å². The number of nitrogens with zero attached hydrogens (tertiary/aromatic N) is 5. The van der Waals surface area contributed by atoms with Crippen LogP contribution in [0.25, 0.3) is 0 Å². The summed E-state index contributed by atoms with van der Waals surface area (Å²) >= 11 is 4.61. The molecule has 10 nitrogen and oxygen atoms in total. The molecule has 0 radical (unpaired) electrons. The van der Waals surface area contributed by atoms with Crippen molar-refractivity contribution in [2.24, 2.45) is 5.10 Å². The van der Waals surface area contributed by atoms with Crippen molar-refractivity contribution >= 4 is 51.6 Å². The molecule has 0 aliphatic carbocycles. The Kier molecular flexibility index (Phi) is 8.30. The number of anilines is 2. The second kappa shape index (κ2) is 12.0. The molecule has 0 saturated heterocycles. The highest BCUT2D eigenvalue weighted by molar-refractivity contribution is 9.10. The van der Waals surface area contributed by atoms with Crippen LogP contribution in [0.3, 0.4) is 0 Å². The summed E-state index contributed by atoms with van der Waals surface area (Å²) in [4.78, 5) is 16.2. The summed E-state index contributed by atoms with van der Waals surface area (Å²) in [6.07, 6.45) is 3.21. The topological polar surface area (TPSA) is 132 Å². The monoisotopic (exact) mass is 552 g/mol. The lowest BCUT2D eigenvalue weighted by Gasteiger charge is -2.09. The Labute approximate surface area is 214 Å². The Morgan fingerprint density at radius 2 is 2.00 bits per heavy atom. The van der Waals surface area contributed by atoms with Crippen molar-refractivity contribution in [3.8, 4) is 5.75 Å². The zero-order valence-electron chi connectivity index (χ0n) is 18.3. The molecular weight excluding hydrogens is 532 g/mol. The third-order valence-electron chi connectivity index (χ3n) is 4.50. The molecule has 0 fully saturated rings. The Morgan fingerprint density at radius 1 is 1.14 bits per heavy atom. The molecule has 35 heavy (non-hydrogen) atoms. The molecule has 1 amide bonds. The fourth-order valence-corrected chi connectivity index (χ4v) is 3.97. The fourth-order valence-electron chi connectivity index (χ4n) is 2.86. The van der Waals surface area contributed by atoms with E-state index in [0.29, 0.717) is 23.3 Å². The number of rotatable bonds is 10. The minimum absolute atomic E-state index is 0.0951. The number of hydrazone groups is 1. The van der Waals surface area contributed by atoms with Crippen molar-refractivity contribution in [3.63, 3.8) is 0 Å². The van der Waals surface area contributed by atoms with Crippen molar-refractivity contribution in [2.75, 3.05) is 22.3 Å². The normalized spacial score (nSPS) is 10.9. The van der Waals surface area contributed by atoms with Crippen LogP contribution in [0.2, 0.25) is 0 Å². The molecule has 12 heteroatoms. The van der Waals surface area contributed by atoms with Crippen molar-refractivity contribution in [3.05, 3.63) is 88.5 Å². The van der Waals surface area contributed by atoms with Gasteiger partial charge in [0.25, 0.3) is 5.95 Å². The van der Waals surface area contributed by atoms with Crippen LogP contribution in [0.15, 0.2) is 87.7 Å². The summed E-state index contributed by atoms with van der Waals surface area (Å²) in [7, 11) is 0. The lowest BCUT2D eigenvalue weighted by molar-refractivity contribution is -0.113. The summed E-state index contributed by atoms with van der Waals surface area (Å²) in [5.41, 5.74) is 4.58. The number of amides is 1. The Bertz CT molecular complexity index is 1320. The average molecular weight is 553 g/mol. The minimum atomic E-state index is -0.233. The predicted octanol–water partition coefficient (Wildman–Crippen LogP) is 3.91. The third-order valence-corrected chi connectivity index (χ3v) is 5.94. The first-order chi connectivity index (χ1) is 17.1. The number of carbonyl (C=O) groups is 1. The molecule has 2 heterocycles. The number of thioether (sulfide) groups is 1. The Morgan fingerprint density at radius 3 is 2.83 bits per heavy atom. The van der Waals surface area contributed by atoms with Gasteiger partial charge in [-0.05, 0) is 42.0 Å². The largest absolute Gasteiger partial charge is 0.488 e. The Hall–Kier alpha value is -3.90. The zero-order chi connectivity index (χ0) is 24.5. The van der Waals surface area contributed by atoms with Gasteiger partial charge < -0.3 is 15.9 Å². The van der Waals surface area contributed by atoms with E-state index in [-0.39, 0.29) is 17.6 Å². The Balaban J connectivity index is 1.32. The molecule has 0 spiro atoms. The first-order valence-corrected chi connectivity index (χ1v) is 12.2. The average Bonchev–Trinajstić information content (AvgIpc) is 3.22. The number of hydrogen-bond acceptors (Lipinski definition) is 9. The molecule has 2 aromatic carbocycles. The van der Waals surface area contributed by atoms with Gasteiger partial charge in [0.15, 0.2) is 0 Å². The quantitative estimate of drug-likeness (QED) is 0.117. The SMILES string of the molecule is Nn1c(N/N=C/c2ccccc2OCc2cccc(Br)c2)nnc1SCC(=O)Nc1ccccn1. The van der Waals surface area contributed by atoms with E-state index in [4.69, 9.17) is 10.6 Å². The van der Waals surface area contributed by atoms with Crippen molar-refractivity contribution in [1.82, 2.24) is 19.9 Å². The third kappa shape index (κ3) is 7.04. The number of halogens is 1. The van der Waals surface area contributed by atoms with Gasteiger partial charge in [-0.2, -0.15) is 5.10 Å². The summed E-state index contributed by atoms with van der Waals surface area (Å²) < 4.78 is 8.19. The van der Waals surface area contributed by atoms with Crippen LogP contribution >= 0.6 is 27.7 Å². The maximum absolute atomic E-state index is 12.1. The number of nitrogens with two attached hydrogens (primary N) is 1. The highest BCUT2D eigenvalue weighted by Gasteiger charge is 2.12. The van der Waals surface area contributed by atoms with Crippen LogP contribution in [-0.4, -0.2) is 37.7 Å². The van der Waals surface area contributed by atoms with Gasteiger partial charge in [0.05, 0.1) is 12.0 Å². The van der Waals surface area contributed by atoms with Crippen LogP contribution in [-0.2, 0) is 11.4 Å². The van der Waals surface area contributed by atoms with Gasteiger partial charge in [-0.25, -0.2) is 15.1 Å². The second-order valence-corrected chi connectivity index (χ2v) is 8.91. The number of para-hydroxylation sites is 1. The van der Waals surface area contributed by atoms with Gasteiger partial charge >= 0.3 is 0 Å². The summed E-state index contributed by atoms with van der Waals surface area (Å²) in [5, 5.41) is 15.2. The van der Waals surface area contributed by atoms with Gasteiger partial charge in [0.2, 0.25) is 11.1 Å². The molecule has 2 aromatic heterocycles. The summed E-state index contributed by atoms with van der Waals surface area (Å²) in [5.74, 6) is 7.28. The highest BCUT2D eigenvalue weighted by Crippen LogP contribution is 2.20. The number of aromatic nitrogens is 4. The second-order valence-electron chi connectivity index (χ2n) is 7.05. The number of hydrogen-bond donors (Lipinski definition) is 3. The van der Waals surface area contributed by atoms with E-state index in [2.05, 4.69) is 47.0 Å². The van der Waals surface area contributed by atoms with E-state index in [1.807, 2.05) is 48.5 Å². The first-order valence-electron chi connectivity index (χ1n) is 10.4. The number of nitrogens with one attached hydrogen (secondary N) is 2. The smallest absolute Gasteiger partial charge is 0.264 e. The molecule has 4 N–H and O–H groups in total. The van der Waals surface area contributed by atoms with Gasteiger partial charge in [-0.3, -0.25) is 4.79 Å². The molecule has 178 valence electrons. The van der Waals surface area contributed by atoms with Crippen molar-refractivity contribution in [2.45, 2.75) is 11.8 Å². The van der Waals surface area contributed by atoms with E-state index in [0.717, 1.165) is 27.4 Å². The fraction of sp³-hybridized carbons (Fsp3) is 0.0870. The molecule has 4 rings (SSSR count). The van der Waals surface area contributed by atoms with Crippen molar-refractivity contribution < 1.29 is 9.53 Å². The van der Waals surface area contributed by atoms with Crippen LogP contribution in [0.1, 0.15) is 11.1 Å². The van der Waals surface area contributed by atoms with Gasteiger partial charge in [-0.15, -0.1) is 10.2 Å². The lowest BCUT2D eigenvalue weighted by Crippen LogP contribution is -2.17. The van der Waals surface area contributed by atoms with E-state index >= 15 is 0 Å². The molecule has 0 aliphatic heterocycles. The maximum Gasteiger partial charge on any atom is 0.264 e. The first kappa shape index (κ1) is 24.2. The van der Waals surface area contributed by atoms with Crippen molar-refractivity contribution in [1.29, 1.82) is 0 Å². The molecule has 0 bridgehead atoms. The molecular formula is C23H21BrN8O2S. The standard InChI is InChI=1S/C23H21BrN8O2S/c24-18-8-5-6-16(12-18)14-34-19-9-2-1-7-17(19)13-27-29-22-30-31-23(32(22)25)35-15-21(33)28-20-10-3-4-11-26-20/h1-13H,14-15,25H2,(H,29,30)(H,26,28,33)/b27-13+. The number of carbonyl (C=O) groups excluding carboxylic acids is 1. The minimum Gasteiger partial charge on any atom is -0.488 e. The number of ether oxygens (including phenoxy) is 1. The molecule has 0 atom stereocenters. The lowest BCUT2D eigenvalue weighted by atomic mass is 10.2. The number of nitrogen functional groups attached to an aromatic ring is 1. The van der Waals surface area contributed by atoms with E-state index in [9.17, 15) is 4.79 Å². The molecule has 0 aliphatic rings. The predicted molar refractivity (Wildman–Crippen MR) is 140 cm³/mol. The van der Waals surface area contributed by atoms with E-state index in [1.54, 1.807) is 30.6 Å².